The van der Waals surface area contributed by atoms with E-state index in [1.165, 1.54) is 7.11 Å². The number of carbonyl (C=O) groups is 1. The van der Waals surface area contributed by atoms with Crippen molar-refractivity contribution in [1.82, 2.24) is 0 Å². The molecule has 0 amide bonds. The van der Waals surface area contributed by atoms with Crippen LogP contribution in [0.2, 0.25) is 0 Å². The van der Waals surface area contributed by atoms with Crippen molar-refractivity contribution in [3.05, 3.63) is 0 Å². The molecular weight excluding hydrogens is 140 g/mol. The largest absolute Gasteiger partial charge is 0.469 e. The van der Waals surface area contributed by atoms with Crippen molar-refractivity contribution in [2.75, 3.05) is 7.11 Å². The first-order chi connectivity index (χ1) is 5.16. The summed E-state index contributed by atoms with van der Waals surface area (Å²) in [4.78, 5) is 10.6. The summed E-state index contributed by atoms with van der Waals surface area (Å²) >= 11 is 0. The summed E-state index contributed by atoms with van der Waals surface area (Å²) < 4.78 is 4.45. The number of hydrogen-bond acceptors (Lipinski definition) is 2. The van der Waals surface area contributed by atoms with Crippen molar-refractivity contribution in [1.29, 1.82) is 0 Å². The Hall–Kier alpha value is -0.970. The van der Waals surface area contributed by atoms with E-state index >= 15 is 0 Å². The van der Waals surface area contributed by atoms with Crippen LogP contribution < -0.4 is 0 Å². The van der Waals surface area contributed by atoms with E-state index in [1.54, 1.807) is 0 Å². The lowest BCUT2D eigenvalue weighted by molar-refractivity contribution is -0.140. The van der Waals surface area contributed by atoms with Crippen LogP contribution in [0.1, 0.15) is 26.7 Å². The summed E-state index contributed by atoms with van der Waals surface area (Å²) in [5, 5.41) is 0. The molecule has 62 valence electrons. The molecule has 0 aliphatic rings. The fraction of sp³-hybridized carbons (Fsp3) is 0.667. The van der Waals surface area contributed by atoms with E-state index < -0.39 is 0 Å². The Balaban J connectivity index is 3.43. The fourth-order valence-corrected chi connectivity index (χ4v) is 0.543. The van der Waals surface area contributed by atoms with E-state index in [0.29, 0.717) is 18.8 Å². The van der Waals surface area contributed by atoms with Crippen LogP contribution in [0.5, 0.6) is 0 Å². The monoisotopic (exact) mass is 154 g/mol. The van der Waals surface area contributed by atoms with Gasteiger partial charge in [-0.3, -0.25) is 4.79 Å². The molecule has 0 aromatic heterocycles. The van der Waals surface area contributed by atoms with Crippen LogP contribution in [0.25, 0.3) is 0 Å². The lowest BCUT2D eigenvalue weighted by Gasteiger charge is -1.92. The lowest BCUT2D eigenvalue weighted by atomic mass is 10.2. The summed E-state index contributed by atoms with van der Waals surface area (Å²) in [6, 6.07) is 0. The van der Waals surface area contributed by atoms with E-state index in [4.69, 9.17) is 0 Å². The van der Waals surface area contributed by atoms with Gasteiger partial charge in [0, 0.05) is 12.3 Å². The van der Waals surface area contributed by atoms with E-state index in [9.17, 15) is 4.79 Å². The van der Waals surface area contributed by atoms with Gasteiger partial charge in [0.1, 0.15) is 0 Å². The van der Waals surface area contributed by atoms with Crippen LogP contribution >= 0.6 is 0 Å². The van der Waals surface area contributed by atoms with Crippen LogP contribution in [0.4, 0.5) is 0 Å². The number of hydrogen-bond donors (Lipinski definition) is 0. The Morgan fingerprint density at radius 1 is 1.55 bits per heavy atom. The minimum absolute atomic E-state index is 0.192. The number of esters is 1. The van der Waals surface area contributed by atoms with Crippen molar-refractivity contribution < 1.29 is 9.53 Å². The number of methoxy groups -OCH3 is 1. The van der Waals surface area contributed by atoms with E-state index in [2.05, 4.69) is 16.6 Å². The highest BCUT2D eigenvalue weighted by Crippen LogP contribution is 1.91. The fourth-order valence-electron chi connectivity index (χ4n) is 0.543. The van der Waals surface area contributed by atoms with Crippen LogP contribution in [0.3, 0.4) is 0 Å². The lowest BCUT2D eigenvalue weighted by Crippen LogP contribution is -1.98. The maximum atomic E-state index is 10.6. The molecule has 0 spiro atoms. The highest BCUT2D eigenvalue weighted by molar-refractivity contribution is 5.69. The second-order valence-corrected chi connectivity index (χ2v) is 2.55. The molecule has 0 fully saturated rings. The van der Waals surface area contributed by atoms with Crippen molar-refractivity contribution in [3.63, 3.8) is 0 Å². The van der Waals surface area contributed by atoms with Gasteiger partial charge < -0.3 is 4.74 Å². The molecule has 0 bridgehead atoms. The molecule has 11 heavy (non-hydrogen) atoms. The Bertz CT molecular complexity index is 172. The molecule has 0 unspecified atom stereocenters. The molecule has 2 nitrogen and oxygen atoms in total. The molecule has 0 radical (unpaired) electrons. The predicted molar refractivity (Wildman–Crippen MR) is 43.9 cm³/mol. The SMILES string of the molecule is COC(=O)CCC#CC(C)C. The maximum Gasteiger partial charge on any atom is 0.306 e. The minimum Gasteiger partial charge on any atom is -0.469 e. The molecule has 0 aromatic carbocycles. The summed E-state index contributed by atoms with van der Waals surface area (Å²) in [5.41, 5.74) is 0. The highest BCUT2D eigenvalue weighted by atomic mass is 16.5. The molecule has 0 aliphatic heterocycles. The van der Waals surface area contributed by atoms with Gasteiger partial charge in [-0.05, 0) is 0 Å². The first kappa shape index (κ1) is 10.0. The van der Waals surface area contributed by atoms with Gasteiger partial charge in [-0.15, -0.1) is 11.8 Å². The van der Waals surface area contributed by atoms with Crippen LogP contribution in [-0.4, -0.2) is 13.1 Å². The predicted octanol–water partition coefficient (Wildman–Crippen LogP) is 1.60. The zero-order valence-corrected chi connectivity index (χ0v) is 7.31. The quantitative estimate of drug-likeness (QED) is 0.446. The van der Waals surface area contributed by atoms with Gasteiger partial charge in [0.25, 0.3) is 0 Å². The van der Waals surface area contributed by atoms with Crippen LogP contribution in [0.15, 0.2) is 0 Å². The first-order valence-corrected chi connectivity index (χ1v) is 3.72. The minimum atomic E-state index is -0.192. The summed E-state index contributed by atoms with van der Waals surface area (Å²) in [6.45, 7) is 4.04. The summed E-state index contributed by atoms with van der Waals surface area (Å²) in [7, 11) is 1.39. The smallest absolute Gasteiger partial charge is 0.306 e. The molecule has 2 heteroatoms. The zero-order valence-electron chi connectivity index (χ0n) is 7.31. The van der Waals surface area contributed by atoms with Crippen LogP contribution in [-0.2, 0) is 9.53 Å². The second-order valence-electron chi connectivity index (χ2n) is 2.55. The zero-order chi connectivity index (χ0) is 8.69. The van der Waals surface area contributed by atoms with E-state index in [-0.39, 0.29) is 5.97 Å². The molecular formula is C9H14O2. The van der Waals surface area contributed by atoms with E-state index in [1.807, 2.05) is 13.8 Å². The van der Waals surface area contributed by atoms with Crippen molar-refractivity contribution >= 4 is 5.97 Å². The highest BCUT2D eigenvalue weighted by Gasteiger charge is 1.95. The Labute approximate surface area is 67.9 Å². The van der Waals surface area contributed by atoms with Gasteiger partial charge in [-0.1, -0.05) is 13.8 Å². The van der Waals surface area contributed by atoms with Gasteiger partial charge in [0.15, 0.2) is 0 Å². The van der Waals surface area contributed by atoms with E-state index in [0.717, 1.165) is 0 Å². The molecule has 0 rings (SSSR count). The van der Waals surface area contributed by atoms with Crippen molar-refractivity contribution in [2.24, 2.45) is 5.92 Å². The third-order valence-corrected chi connectivity index (χ3v) is 1.07. The molecule has 0 heterocycles. The molecule has 0 aromatic rings. The molecule has 0 aliphatic carbocycles. The van der Waals surface area contributed by atoms with Gasteiger partial charge in [0.05, 0.1) is 13.5 Å². The number of carbonyl (C=O) groups excluding carboxylic acids is 1. The molecule has 0 saturated heterocycles. The number of rotatable bonds is 2. The third kappa shape index (κ3) is 6.92. The molecule has 0 saturated carbocycles. The molecule has 0 N–H and O–H groups in total. The first-order valence-electron chi connectivity index (χ1n) is 3.72. The number of ether oxygens (including phenoxy) is 1. The van der Waals surface area contributed by atoms with Gasteiger partial charge in [0.2, 0.25) is 0 Å². The normalized spacial score (nSPS) is 8.73. The standard InChI is InChI=1S/C9H14O2/c1-8(2)6-4-5-7-9(10)11-3/h8H,5,7H2,1-3H3. The van der Waals surface area contributed by atoms with Gasteiger partial charge in [-0.2, -0.15) is 0 Å². The topological polar surface area (TPSA) is 26.3 Å². The Morgan fingerprint density at radius 2 is 2.18 bits per heavy atom. The second kappa shape index (κ2) is 5.79. The van der Waals surface area contributed by atoms with Crippen molar-refractivity contribution in [3.8, 4) is 11.8 Å². The average molecular weight is 154 g/mol. The Morgan fingerprint density at radius 3 is 2.64 bits per heavy atom. The van der Waals surface area contributed by atoms with Crippen LogP contribution in [0, 0.1) is 17.8 Å². The molecule has 0 atom stereocenters. The third-order valence-electron chi connectivity index (χ3n) is 1.07. The van der Waals surface area contributed by atoms with Gasteiger partial charge in [-0.25, -0.2) is 0 Å². The Kier molecular flexibility index (Phi) is 5.28. The maximum absolute atomic E-state index is 10.6. The average Bonchev–Trinajstić information content (AvgIpc) is 1.97. The van der Waals surface area contributed by atoms with Crippen molar-refractivity contribution in [2.45, 2.75) is 26.7 Å². The van der Waals surface area contributed by atoms with Gasteiger partial charge >= 0.3 is 5.97 Å². The summed E-state index contributed by atoms with van der Waals surface area (Å²) in [5.74, 6) is 6.06. The summed E-state index contributed by atoms with van der Waals surface area (Å²) in [6.07, 6.45) is 1.00.